The highest BCUT2D eigenvalue weighted by Crippen LogP contribution is 2.57. The molecular weight excluding hydrogens is 260 g/mol. The summed E-state index contributed by atoms with van der Waals surface area (Å²) in [4.78, 5) is 0. The van der Waals surface area contributed by atoms with E-state index in [2.05, 4.69) is 41.5 Å². The maximum atomic E-state index is 6.31. The first-order valence-electron chi connectivity index (χ1n) is 8.92. The van der Waals surface area contributed by atoms with Crippen LogP contribution in [0.25, 0.3) is 0 Å². The summed E-state index contributed by atoms with van der Waals surface area (Å²) in [6.07, 6.45) is 5.35. The van der Waals surface area contributed by atoms with Gasteiger partial charge in [-0.15, -0.1) is 0 Å². The average Bonchev–Trinajstić information content (AvgIpc) is 2.74. The van der Waals surface area contributed by atoms with Crippen molar-refractivity contribution in [2.24, 2.45) is 23.2 Å². The fourth-order valence-corrected chi connectivity index (χ4v) is 5.32. The molecule has 1 aliphatic heterocycles. The lowest BCUT2D eigenvalue weighted by Crippen LogP contribution is -2.42. The zero-order chi connectivity index (χ0) is 16.1. The molecule has 1 aliphatic carbocycles. The molecule has 2 fully saturated rings. The van der Waals surface area contributed by atoms with Crippen molar-refractivity contribution in [3.05, 3.63) is 0 Å². The fraction of sp³-hybridized carbons (Fsp3) is 1.00. The van der Waals surface area contributed by atoms with E-state index in [1.807, 2.05) is 13.8 Å². The van der Waals surface area contributed by atoms with Crippen LogP contribution < -0.4 is 0 Å². The van der Waals surface area contributed by atoms with Crippen LogP contribution in [0, 0.1) is 23.2 Å². The first kappa shape index (κ1) is 17.3. The van der Waals surface area contributed by atoms with E-state index < -0.39 is 5.79 Å². The van der Waals surface area contributed by atoms with E-state index in [0.717, 1.165) is 24.2 Å². The molecule has 2 nitrogen and oxygen atoms in total. The Kier molecular flexibility index (Phi) is 4.55. The number of rotatable bonds is 4. The Hall–Kier alpha value is -0.0800. The van der Waals surface area contributed by atoms with Gasteiger partial charge in [-0.2, -0.15) is 0 Å². The Bertz CT molecular complexity index is 372. The molecule has 0 N–H and O–H groups in total. The summed E-state index contributed by atoms with van der Waals surface area (Å²) in [5.41, 5.74) is 0.232. The Labute approximate surface area is 132 Å². The maximum absolute atomic E-state index is 6.31. The largest absolute Gasteiger partial charge is 0.344 e. The molecule has 124 valence electrons. The zero-order valence-electron chi connectivity index (χ0n) is 15.5. The van der Waals surface area contributed by atoms with Gasteiger partial charge in [0, 0.05) is 0 Å². The molecule has 0 spiro atoms. The molecule has 21 heavy (non-hydrogen) atoms. The fourth-order valence-electron chi connectivity index (χ4n) is 5.32. The zero-order valence-corrected chi connectivity index (χ0v) is 15.5. The van der Waals surface area contributed by atoms with Gasteiger partial charge in [0.1, 0.15) is 0 Å². The van der Waals surface area contributed by atoms with Gasteiger partial charge in [-0.05, 0) is 76.5 Å². The Morgan fingerprint density at radius 3 is 2.14 bits per heavy atom. The van der Waals surface area contributed by atoms with Crippen molar-refractivity contribution in [2.45, 2.75) is 98.6 Å². The van der Waals surface area contributed by atoms with Gasteiger partial charge in [0.15, 0.2) is 5.79 Å². The molecular formula is C19H36O2. The van der Waals surface area contributed by atoms with Gasteiger partial charge < -0.3 is 9.47 Å². The smallest absolute Gasteiger partial charge is 0.164 e. The van der Waals surface area contributed by atoms with Gasteiger partial charge >= 0.3 is 0 Å². The van der Waals surface area contributed by atoms with Crippen LogP contribution >= 0.6 is 0 Å². The highest BCUT2D eigenvalue weighted by molar-refractivity contribution is 5.02. The third-order valence-corrected chi connectivity index (χ3v) is 6.37. The molecule has 1 saturated carbocycles. The quantitative estimate of drug-likeness (QED) is 0.691. The lowest BCUT2D eigenvalue weighted by molar-refractivity contribution is -0.159. The Balaban J connectivity index is 2.26. The van der Waals surface area contributed by atoms with Crippen LogP contribution in [-0.2, 0) is 9.47 Å². The van der Waals surface area contributed by atoms with E-state index >= 15 is 0 Å². The highest BCUT2D eigenvalue weighted by Gasteiger charge is 2.54. The molecule has 0 unspecified atom stereocenters. The van der Waals surface area contributed by atoms with E-state index in [9.17, 15) is 0 Å². The molecule has 2 rings (SSSR count). The van der Waals surface area contributed by atoms with E-state index in [1.165, 1.54) is 19.3 Å². The van der Waals surface area contributed by atoms with Gasteiger partial charge in [-0.1, -0.05) is 27.7 Å². The van der Waals surface area contributed by atoms with Crippen LogP contribution in [0.2, 0.25) is 0 Å². The van der Waals surface area contributed by atoms with Crippen molar-refractivity contribution >= 4 is 0 Å². The third-order valence-electron chi connectivity index (χ3n) is 6.37. The summed E-state index contributed by atoms with van der Waals surface area (Å²) >= 11 is 0. The van der Waals surface area contributed by atoms with Crippen LogP contribution in [0.4, 0.5) is 0 Å². The van der Waals surface area contributed by atoms with Crippen molar-refractivity contribution in [1.82, 2.24) is 0 Å². The summed E-state index contributed by atoms with van der Waals surface area (Å²) < 4.78 is 12.5. The summed E-state index contributed by atoms with van der Waals surface area (Å²) in [7, 11) is 0. The molecule has 0 aromatic rings. The van der Waals surface area contributed by atoms with Gasteiger partial charge in [-0.25, -0.2) is 0 Å². The average molecular weight is 296 g/mol. The van der Waals surface area contributed by atoms with Crippen molar-refractivity contribution in [3.63, 3.8) is 0 Å². The predicted octanol–water partition coefficient (Wildman–Crippen LogP) is 5.41. The van der Waals surface area contributed by atoms with E-state index in [-0.39, 0.29) is 11.7 Å². The van der Waals surface area contributed by atoms with Crippen LogP contribution in [0.3, 0.4) is 0 Å². The van der Waals surface area contributed by atoms with Crippen LogP contribution in [0.15, 0.2) is 0 Å². The topological polar surface area (TPSA) is 18.5 Å². The van der Waals surface area contributed by atoms with E-state index in [1.54, 1.807) is 0 Å². The van der Waals surface area contributed by atoms with Crippen LogP contribution in [0.1, 0.15) is 81.1 Å². The van der Waals surface area contributed by atoms with E-state index in [4.69, 9.17) is 9.47 Å². The molecule has 0 amide bonds. The minimum absolute atomic E-state index is 0.185. The number of hydrogen-bond donors (Lipinski definition) is 0. The first-order chi connectivity index (χ1) is 9.54. The van der Waals surface area contributed by atoms with Gasteiger partial charge in [-0.3, -0.25) is 0 Å². The molecule has 0 radical (unpaired) electrons. The summed E-state index contributed by atoms with van der Waals surface area (Å²) in [6.45, 7) is 18.1. The SMILES string of the molecule is CC[C@@]1(C[C@@H]2OC(C)(C)OC2(C)C)[C@H](C)CC[C@H]1C(C)C. The van der Waals surface area contributed by atoms with Crippen molar-refractivity contribution in [3.8, 4) is 0 Å². The standard InChI is InChI=1S/C19H36O2/c1-9-19(14(4)10-11-15(19)13(2)3)12-16-17(5,6)21-18(7,8)20-16/h13-16H,9-12H2,1-8H3/t14-,15+,16+,19-/m1/s1. The monoisotopic (exact) mass is 296 g/mol. The van der Waals surface area contributed by atoms with E-state index in [0.29, 0.717) is 5.41 Å². The third kappa shape index (κ3) is 3.03. The van der Waals surface area contributed by atoms with Crippen LogP contribution in [0.5, 0.6) is 0 Å². The number of hydrogen-bond acceptors (Lipinski definition) is 2. The molecule has 2 aliphatic rings. The predicted molar refractivity (Wildman–Crippen MR) is 88.2 cm³/mol. The number of ether oxygens (including phenoxy) is 2. The normalized spacial score (nSPS) is 41.9. The second-order valence-electron chi connectivity index (χ2n) is 8.83. The Morgan fingerprint density at radius 1 is 1.10 bits per heavy atom. The summed E-state index contributed by atoms with van der Waals surface area (Å²) in [5.74, 6) is 1.92. The molecule has 2 heteroatoms. The highest BCUT2D eigenvalue weighted by atomic mass is 16.8. The van der Waals surface area contributed by atoms with Crippen molar-refractivity contribution in [2.75, 3.05) is 0 Å². The second kappa shape index (κ2) is 5.53. The van der Waals surface area contributed by atoms with Gasteiger partial charge in [0.05, 0.1) is 11.7 Å². The summed E-state index contributed by atoms with van der Waals surface area (Å²) in [6, 6.07) is 0. The molecule has 4 atom stereocenters. The maximum Gasteiger partial charge on any atom is 0.164 e. The lowest BCUT2D eigenvalue weighted by Gasteiger charge is -2.44. The second-order valence-corrected chi connectivity index (χ2v) is 8.83. The van der Waals surface area contributed by atoms with Crippen molar-refractivity contribution < 1.29 is 9.47 Å². The first-order valence-corrected chi connectivity index (χ1v) is 8.92. The minimum Gasteiger partial charge on any atom is -0.344 e. The Morgan fingerprint density at radius 2 is 1.71 bits per heavy atom. The summed E-state index contributed by atoms with van der Waals surface area (Å²) in [5, 5.41) is 0. The molecule has 0 aromatic carbocycles. The lowest BCUT2D eigenvalue weighted by atomic mass is 9.63. The molecule has 1 saturated heterocycles. The molecule has 0 bridgehead atoms. The minimum atomic E-state index is -0.446. The van der Waals surface area contributed by atoms with Crippen molar-refractivity contribution in [1.29, 1.82) is 0 Å². The molecule has 0 aromatic heterocycles. The molecule has 1 heterocycles. The van der Waals surface area contributed by atoms with Gasteiger partial charge in [0.2, 0.25) is 0 Å². The van der Waals surface area contributed by atoms with Crippen LogP contribution in [-0.4, -0.2) is 17.5 Å². The van der Waals surface area contributed by atoms with Gasteiger partial charge in [0.25, 0.3) is 0 Å².